The van der Waals surface area contributed by atoms with Crippen molar-refractivity contribution in [3.05, 3.63) is 71.5 Å². The molecule has 0 saturated carbocycles. The number of ether oxygens (including phenoxy) is 1. The van der Waals surface area contributed by atoms with Gasteiger partial charge in [-0.25, -0.2) is 9.37 Å². The van der Waals surface area contributed by atoms with E-state index in [-0.39, 0.29) is 19.4 Å². The Kier molecular flexibility index (Phi) is 6.79. The first-order valence-corrected chi connectivity index (χ1v) is 9.39. The summed E-state index contributed by atoms with van der Waals surface area (Å²) in [6.07, 6.45) is 1.66. The van der Waals surface area contributed by atoms with E-state index in [1.165, 1.54) is 12.3 Å². The standard InChI is InChI=1S/C22H22FN3O4/c1-14-7-8-16(11-15(14)2)29-13-21(28)26-25-20(27)9-10-22-24-12-19(30-22)17-5-3-4-6-18(17)23/h3-8,11-12H,9-10,13H2,1-2H3,(H,25,27)(H,26,28). The summed E-state index contributed by atoms with van der Waals surface area (Å²) in [4.78, 5) is 27.8. The lowest BCUT2D eigenvalue weighted by Gasteiger charge is -2.09. The van der Waals surface area contributed by atoms with E-state index in [2.05, 4.69) is 15.8 Å². The fourth-order valence-electron chi connectivity index (χ4n) is 2.62. The van der Waals surface area contributed by atoms with E-state index in [1.54, 1.807) is 24.3 Å². The molecule has 7 nitrogen and oxygen atoms in total. The molecule has 0 unspecified atom stereocenters. The largest absolute Gasteiger partial charge is 0.484 e. The third-order valence-electron chi connectivity index (χ3n) is 4.45. The molecule has 2 N–H and O–H groups in total. The van der Waals surface area contributed by atoms with Crippen LogP contribution in [0.2, 0.25) is 0 Å². The molecule has 0 saturated heterocycles. The van der Waals surface area contributed by atoms with Crippen LogP contribution in [-0.2, 0) is 16.0 Å². The number of carbonyl (C=O) groups is 2. The Bertz CT molecular complexity index is 1050. The molecule has 0 spiro atoms. The number of halogens is 1. The topological polar surface area (TPSA) is 93.5 Å². The Hall–Kier alpha value is -3.68. The van der Waals surface area contributed by atoms with Gasteiger partial charge in [0.15, 0.2) is 18.3 Å². The number of carbonyl (C=O) groups excluding carboxylic acids is 2. The number of nitrogens with one attached hydrogen (secondary N) is 2. The Balaban J connectivity index is 1.40. The molecule has 0 aliphatic rings. The van der Waals surface area contributed by atoms with Crippen LogP contribution < -0.4 is 15.6 Å². The molecule has 2 amide bonds. The second kappa shape index (κ2) is 9.69. The lowest BCUT2D eigenvalue weighted by molar-refractivity contribution is -0.130. The second-order valence-electron chi connectivity index (χ2n) is 6.73. The molecular formula is C22H22FN3O4. The number of hydrazine groups is 1. The third kappa shape index (κ3) is 5.66. The van der Waals surface area contributed by atoms with Gasteiger partial charge < -0.3 is 9.15 Å². The maximum Gasteiger partial charge on any atom is 0.276 e. The van der Waals surface area contributed by atoms with Crippen molar-refractivity contribution < 1.29 is 23.1 Å². The summed E-state index contributed by atoms with van der Waals surface area (Å²) in [7, 11) is 0. The maximum atomic E-state index is 13.8. The van der Waals surface area contributed by atoms with Crippen LogP contribution in [0.4, 0.5) is 4.39 Å². The van der Waals surface area contributed by atoms with E-state index in [4.69, 9.17) is 9.15 Å². The molecule has 3 rings (SSSR count). The van der Waals surface area contributed by atoms with E-state index in [0.29, 0.717) is 23.0 Å². The van der Waals surface area contributed by atoms with Crippen molar-refractivity contribution in [2.45, 2.75) is 26.7 Å². The number of rotatable bonds is 7. The molecule has 1 aromatic heterocycles. The molecular weight excluding hydrogens is 389 g/mol. The van der Waals surface area contributed by atoms with Crippen molar-refractivity contribution in [3.63, 3.8) is 0 Å². The van der Waals surface area contributed by atoms with Crippen molar-refractivity contribution in [2.75, 3.05) is 6.61 Å². The Morgan fingerprint density at radius 3 is 2.60 bits per heavy atom. The second-order valence-corrected chi connectivity index (χ2v) is 6.73. The van der Waals surface area contributed by atoms with Crippen LogP contribution in [0.5, 0.6) is 5.75 Å². The molecule has 156 valence electrons. The Labute approximate surface area is 173 Å². The molecule has 1 heterocycles. The number of hydrogen-bond donors (Lipinski definition) is 2. The highest BCUT2D eigenvalue weighted by molar-refractivity contribution is 5.82. The zero-order chi connectivity index (χ0) is 21.5. The minimum Gasteiger partial charge on any atom is -0.484 e. The van der Waals surface area contributed by atoms with Crippen LogP contribution in [0.1, 0.15) is 23.4 Å². The molecule has 0 fully saturated rings. The van der Waals surface area contributed by atoms with Gasteiger partial charge in [-0.2, -0.15) is 0 Å². The number of hydrogen-bond acceptors (Lipinski definition) is 5. The smallest absolute Gasteiger partial charge is 0.276 e. The quantitative estimate of drug-likeness (QED) is 0.582. The van der Waals surface area contributed by atoms with Crippen LogP contribution in [0.25, 0.3) is 11.3 Å². The predicted octanol–water partition coefficient (Wildman–Crippen LogP) is 3.26. The van der Waals surface area contributed by atoms with Crippen molar-refractivity contribution in [1.82, 2.24) is 15.8 Å². The van der Waals surface area contributed by atoms with E-state index >= 15 is 0 Å². The highest BCUT2D eigenvalue weighted by Gasteiger charge is 2.12. The summed E-state index contributed by atoms with van der Waals surface area (Å²) in [5, 5.41) is 0. The van der Waals surface area contributed by atoms with Gasteiger partial charge in [0.2, 0.25) is 5.91 Å². The monoisotopic (exact) mass is 411 g/mol. The molecule has 2 aromatic carbocycles. The molecule has 0 atom stereocenters. The fraction of sp³-hybridized carbons (Fsp3) is 0.227. The summed E-state index contributed by atoms with van der Waals surface area (Å²) in [5.41, 5.74) is 7.09. The number of oxazole rings is 1. The molecule has 0 bridgehead atoms. The van der Waals surface area contributed by atoms with Gasteiger partial charge in [0, 0.05) is 12.8 Å². The van der Waals surface area contributed by atoms with Crippen LogP contribution >= 0.6 is 0 Å². The van der Waals surface area contributed by atoms with Gasteiger partial charge in [-0.1, -0.05) is 18.2 Å². The van der Waals surface area contributed by atoms with Crippen molar-refractivity contribution >= 4 is 11.8 Å². The van der Waals surface area contributed by atoms with Crippen LogP contribution in [-0.4, -0.2) is 23.4 Å². The summed E-state index contributed by atoms with van der Waals surface area (Å²) in [6, 6.07) is 11.7. The Morgan fingerprint density at radius 2 is 1.83 bits per heavy atom. The van der Waals surface area contributed by atoms with Gasteiger partial charge >= 0.3 is 0 Å². The normalized spacial score (nSPS) is 10.5. The van der Waals surface area contributed by atoms with Crippen LogP contribution in [0.3, 0.4) is 0 Å². The predicted molar refractivity (Wildman–Crippen MR) is 108 cm³/mol. The number of nitrogens with zero attached hydrogens (tertiary/aromatic N) is 1. The molecule has 30 heavy (non-hydrogen) atoms. The van der Waals surface area contributed by atoms with Gasteiger partial charge in [0.1, 0.15) is 11.6 Å². The van der Waals surface area contributed by atoms with Gasteiger partial charge in [0.25, 0.3) is 5.91 Å². The minimum absolute atomic E-state index is 0.0372. The lowest BCUT2D eigenvalue weighted by atomic mass is 10.1. The van der Waals surface area contributed by atoms with Crippen LogP contribution in [0.15, 0.2) is 53.1 Å². The van der Waals surface area contributed by atoms with Gasteiger partial charge in [-0.15, -0.1) is 0 Å². The maximum absolute atomic E-state index is 13.8. The average molecular weight is 411 g/mol. The highest BCUT2D eigenvalue weighted by Crippen LogP contribution is 2.23. The van der Waals surface area contributed by atoms with Gasteiger partial charge in [-0.3, -0.25) is 20.4 Å². The van der Waals surface area contributed by atoms with Crippen molar-refractivity contribution in [1.29, 1.82) is 0 Å². The average Bonchev–Trinajstić information content (AvgIpc) is 3.20. The summed E-state index contributed by atoms with van der Waals surface area (Å²) in [6.45, 7) is 3.71. The van der Waals surface area contributed by atoms with E-state index in [0.717, 1.165) is 11.1 Å². The number of amides is 2. The lowest BCUT2D eigenvalue weighted by Crippen LogP contribution is -2.43. The zero-order valence-corrected chi connectivity index (χ0v) is 16.7. The van der Waals surface area contributed by atoms with Crippen LogP contribution in [0, 0.1) is 19.7 Å². The van der Waals surface area contributed by atoms with E-state index in [9.17, 15) is 14.0 Å². The molecule has 0 aliphatic heterocycles. The minimum atomic E-state index is -0.487. The number of aryl methyl sites for hydroxylation is 3. The van der Waals surface area contributed by atoms with Gasteiger partial charge in [-0.05, 0) is 49.2 Å². The molecule has 3 aromatic rings. The SMILES string of the molecule is Cc1ccc(OCC(=O)NNC(=O)CCc2ncc(-c3ccccc3F)o2)cc1C. The first kappa shape index (κ1) is 21.0. The summed E-state index contributed by atoms with van der Waals surface area (Å²) < 4.78 is 24.7. The first-order chi connectivity index (χ1) is 14.4. The first-order valence-electron chi connectivity index (χ1n) is 9.39. The zero-order valence-electron chi connectivity index (χ0n) is 16.7. The summed E-state index contributed by atoms with van der Waals surface area (Å²) >= 11 is 0. The molecule has 8 heteroatoms. The van der Waals surface area contributed by atoms with E-state index < -0.39 is 17.6 Å². The van der Waals surface area contributed by atoms with Crippen molar-refractivity contribution in [2.24, 2.45) is 0 Å². The Morgan fingerprint density at radius 1 is 1.07 bits per heavy atom. The molecule has 0 aliphatic carbocycles. The van der Waals surface area contributed by atoms with Crippen molar-refractivity contribution in [3.8, 4) is 17.1 Å². The highest BCUT2D eigenvalue weighted by atomic mass is 19.1. The number of aromatic nitrogens is 1. The van der Waals surface area contributed by atoms with Gasteiger partial charge in [0.05, 0.1) is 11.8 Å². The summed E-state index contributed by atoms with van der Waals surface area (Å²) in [5.74, 6) is -0.148. The number of benzene rings is 2. The van der Waals surface area contributed by atoms with E-state index in [1.807, 2.05) is 26.0 Å². The fourth-order valence-corrected chi connectivity index (χ4v) is 2.62. The molecule has 0 radical (unpaired) electrons. The third-order valence-corrected chi connectivity index (χ3v) is 4.45.